The first-order valence-electron chi connectivity index (χ1n) is 2.99. The summed E-state index contributed by atoms with van der Waals surface area (Å²) in [5, 5.41) is 10.6. The number of carbonyl (C=O) groups is 1. The van der Waals surface area contributed by atoms with Gasteiger partial charge in [-0.25, -0.2) is 0 Å². The highest BCUT2D eigenvalue weighted by atomic mass is 16.1. The molecule has 0 saturated heterocycles. The minimum atomic E-state index is -0.255. The van der Waals surface area contributed by atoms with Gasteiger partial charge < -0.3 is 5.32 Å². The molecule has 0 aromatic rings. The zero-order valence-electron chi connectivity index (χ0n) is 5.92. The van der Waals surface area contributed by atoms with Crippen molar-refractivity contribution in [3.05, 3.63) is 12.7 Å². The second kappa shape index (κ2) is 4.57. The van der Waals surface area contributed by atoms with Gasteiger partial charge in [0.05, 0.1) is 6.07 Å². The summed E-state index contributed by atoms with van der Waals surface area (Å²) in [7, 11) is 0. The molecule has 0 aliphatic rings. The summed E-state index contributed by atoms with van der Waals surface area (Å²) >= 11 is 0. The Bertz CT molecular complexity index is 169. The average molecular weight is 138 g/mol. The number of amides is 1. The van der Waals surface area contributed by atoms with Crippen LogP contribution in [0.2, 0.25) is 0 Å². The Balaban J connectivity index is 3.59. The topological polar surface area (TPSA) is 52.9 Å². The van der Waals surface area contributed by atoms with Crippen molar-refractivity contribution in [1.82, 2.24) is 5.32 Å². The van der Waals surface area contributed by atoms with Crippen LogP contribution in [0, 0.1) is 11.3 Å². The monoisotopic (exact) mass is 138 g/mol. The van der Waals surface area contributed by atoms with Gasteiger partial charge in [-0.05, 0) is 6.92 Å². The lowest BCUT2D eigenvalue weighted by Gasteiger charge is -2.05. The third-order valence-corrected chi connectivity index (χ3v) is 0.982. The highest BCUT2D eigenvalue weighted by Gasteiger charge is 2.01. The summed E-state index contributed by atoms with van der Waals surface area (Å²) < 4.78 is 0. The molecule has 3 nitrogen and oxygen atoms in total. The summed E-state index contributed by atoms with van der Waals surface area (Å²) in [6.45, 7) is 5.27. The molecule has 0 bridgehead atoms. The molecule has 0 aromatic heterocycles. The molecule has 0 saturated carbocycles. The number of nitriles is 1. The first kappa shape index (κ1) is 8.70. The van der Waals surface area contributed by atoms with Gasteiger partial charge in [0.25, 0.3) is 0 Å². The van der Waals surface area contributed by atoms with E-state index in [1.807, 2.05) is 0 Å². The van der Waals surface area contributed by atoms with Crippen molar-refractivity contribution in [2.24, 2.45) is 0 Å². The molecule has 0 heterocycles. The van der Waals surface area contributed by atoms with Crippen LogP contribution in [0.25, 0.3) is 0 Å². The molecular weight excluding hydrogens is 128 g/mol. The Labute approximate surface area is 60.3 Å². The van der Waals surface area contributed by atoms with Gasteiger partial charge in [0, 0.05) is 6.04 Å². The molecular formula is C7H10N2O. The van der Waals surface area contributed by atoms with Crippen LogP contribution in [-0.4, -0.2) is 11.9 Å². The van der Waals surface area contributed by atoms with E-state index in [9.17, 15) is 4.79 Å². The second-order valence-electron chi connectivity index (χ2n) is 1.93. The predicted octanol–water partition coefficient (Wildman–Crippen LogP) is 0.591. The molecule has 1 N–H and O–H groups in total. The van der Waals surface area contributed by atoms with Crippen LogP contribution in [0.1, 0.15) is 13.3 Å². The fraction of sp³-hybridized carbons (Fsp3) is 0.429. The van der Waals surface area contributed by atoms with Crippen molar-refractivity contribution >= 4 is 5.91 Å². The quantitative estimate of drug-likeness (QED) is 0.580. The van der Waals surface area contributed by atoms with Gasteiger partial charge in [0.1, 0.15) is 6.42 Å². The number of hydrogen-bond donors (Lipinski definition) is 1. The summed E-state index contributed by atoms with van der Waals surface area (Å²) in [6, 6.07) is 1.70. The van der Waals surface area contributed by atoms with Gasteiger partial charge in [-0.15, -0.1) is 6.58 Å². The minimum Gasteiger partial charge on any atom is -0.349 e. The molecule has 0 rings (SSSR count). The van der Waals surface area contributed by atoms with Crippen LogP contribution in [0.5, 0.6) is 0 Å². The van der Waals surface area contributed by atoms with Crippen molar-refractivity contribution in [3.8, 4) is 6.07 Å². The zero-order valence-corrected chi connectivity index (χ0v) is 5.92. The van der Waals surface area contributed by atoms with Crippen molar-refractivity contribution in [3.63, 3.8) is 0 Å². The van der Waals surface area contributed by atoms with Crippen LogP contribution < -0.4 is 5.32 Å². The lowest BCUT2D eigenvalue weighted by molar-refractivity contribution is -0.120. The van der Waals surface area contributed by atoms with Crippen LogP contribution in [0.3, 0.4) is 0 Å². The average Bonchev–Trinajstić information content (AvgIpc) is 1.88. The van der Waals surface area contributed by atoms with Gasteiger partial charge >= 0.3 is 0 Å². The molecule has 0 radical (unpaired) electrons. The summed E-state index contributed by atoms with van der Waals surface area (Å²) in [5.74, 6) is -0.255. The van der Waals surface area contributed by atoms with E-state index in [0.29, 0.717) is 0 Å². The lowest BCUT2D eigenvalue weighted by Crippen LogP contribution is -2.30. The summed E-state index contributed by atoms with van der Waals surface area (Å²) in [4.78, 5) is 10.6. The molecule has 0 aliphatic carbocycles. The number of hydrogen-bond acceptors (Lipinski definition) is 2. The van der Waals surface area contributed by atoms with Crippen LogP contribution in [0.15, 0.2) is 12.7 Å². The summed E-state index contributed by atoms with van der Waals surface area (Å²) in [6.07, 6.45) is 1.52. The molecule has 0 fully saturated rings. The van der Waals surface area contributed by atoms with Gasteiger partial charge in [-0.3, -0.25) is 4.79 Å². The van der Waals surface area contributed by atoms with Gasteiger partial charge in [0.2, 0.25) is 5.91 Å². The van der Waals surface area contributed by atoms with Gasteiger partial charge in [0.15, 0.2) is 0 Å². The normalized spacial score (nSPS) is 11.2. The smallest absolute Gasteiger partial charge is 0.234 e. The largest absolute Gasteiger partial charge is 0.349 e. The Hall–Kier alpha value is -1.30. The van der Waals surface area contributed by atoms with E-state index >= 15 is 0 Å². The highest BCUT2D eigenvalue weighted by molar-refractivity contribution is 5.78. The minimum absolute atomic E-state index is 0.0548. The number of nitrogens with zero attached hydrogens (tertiary/aromatic N) is 1. The second-order valence-corrected chi connectivity index (χ2v) is 1.93. The number of rotatable bonds is 3. The number of carbonyl (C=O) groups excluding carboxylic acids is 1. The third-order valence-electron chi connectivity index (χ3n) is 0.982. The SMILES string of the molecule is C=CC(C)NC(=O)CC#N. The van der Waals surface area contributed by atoms with Crippen molar-refractivity contribution in [1.29, 1.82) is 5.26 Å². The van der Waals surface area contributed by atoms with E-state index in [1.165, 1.54) is 0 Å². The molecule has 1 atom stereocenters. The first-order valence-corrected chi connectivity index (χ1v) is 2.99. The van der Waals surface area contributed by atoms with E-state index in [0.717, 1.165) is 0 Å². The molecule has 3 heteroatoms. The van der Waals surface area contributed by atoms with Crippen molar-refractivity contribution < 1.29 is 4.79 Å². The Kier molecular flexibility index (Phi) is 3.97. The maximum Gasteiger partial charge on any atom is 0.234 e. The first-order chi connectivity index (χ1) is 4.70. The molecule has 0 aromatic carbocycles. The van der Waals surface area contributed by atoms with E-state index in [-0.39, 0.29) is 18.4 Å². The third kappa shape index (κ3) is 3.67. The molecule has 54 valence electrons. The van der Waals surface area contributed by atoms with Gasteiger partial charge in [-0.1, -0.05) is 6.08 Å². The Morgan fingerprint density at radius 2 is 2.60 bits per heavy atom. The van der Waals surface area contributed by atoms with Gasteiger partial charge in [-0.2, -0.15) is 5.26 Å². The van der Waals surface area contributed by atoms with E-state index in [4.69, 9.17) is 5.26 Å². The Morgan fingerprint density at radius 3 is 3.00 bits per heavy atom. The van der Waals surface area contributed by atoms with E-state index in [1.54, 1.807) is 19.1 Å². The maximum absolute atomic E-state index is 10.6. The predicted molar refractivity (Wildman–Crippen MR) is 38.0 cm³/mol. The fourth-order valence-corrected chi connectivity index (χ4v) is 0.436. The zero-order chi connectivity index (χ0) is 7.98. The molecule has 10 heavy (non-hydrogen) atoms. The van der Waals surface area contributed by atoms with E-state index in [2.05, 4.69) is 11.9 Å². The van der Waals surface area contributed by atoms with E-state index < -0.39 is 0 Å². The summed E-state index contributed by atoms with van der Waals surface area (Å²) in [5.41, 5.74) is 0. The number of nitrogens with one attached hydrogen (secondary N) is 1. The maximum atomic E-state index is 10.6. The van der Waals surface area contributed by atoms with Crippen LogP contribution in [0.4, 0.5) is 0 Å². The fourth-order valence-electron chi connectivity index (χ4n) is 0.436. The standard InChI is InChI=1S/C7H10N2O/c1-3-6(2)9-7(10)4-5-8/h3,6H,1,4H2,2H3,(H,9,10). The van der Waals surface area contributed by atoms with Crippen molar-refractivity contribution in [2.75, 3.05) is 0 Å². The van der Waals surface area contributed by atoms with Crippen molar-refractivity contribution in [2.45, 2.75) is 19.4 Å². The molecule has 1 amide bonds. The molecule has 0 aliphatic heterocycles. The van der Waals surface area contributed by atoms with Crippen LogP contribution >= 0.6 is 0 Å². The molecule has 1 unspecified atom stereocenters. The van der Waals surface area contributed by atoms with Crippen LogP contribution in [-0.2, 0) is 4.79 Å². The molecule has 0 spiro atoms. The highest BCUT2D eigenvalue weighted by Crippen LogP contribution is 1.83. The Morgan fingerprint density at radius 1 is 2.00 bits per heavy atom. The lowest BCUT2D eigenvalue weighted by atomic mass is 10.3.